The molecule has 0 atom stereocenters. The van der Waals surface area contributed by atoms with E-state index in [4.69, 9.17) is 16.2 Å². The number of hydrogen-bond acceptors (Lipinski definition) is 4. The predicted molar refractivity (Wildman–Crippen MR) is 58.3 cm³/mol. The number of nitrogens with zero attached hydrogens (tertiary/aromatic N) is 1. The molecule has 1 fully saturated rings. The Kier molecular flexibility index (Phi) is 3.25. The monoisotopic (exact) mass is 215 g/mol. The van der Waals surface area contributed by atoms with Gasteiger partial charge in [0.2, 0.25) is 0 Å². The maximum absolute atomic E-state index is 11.6. The highest BCUT2D eigenvalue weighted by Gasteiger charge is 2.44. The number of rotatable bonds is 2. The summed E-state index contributed by atoms with van der Waals surface area (Å²) in [4.78, 5) is 13.2. The van der Waals surface area contributed by atoms with E-state index in [1.54, 1.807) is 4.90 Å². The molecule has 0 bridgehead atoms. The highest BCUT2D eigenvalue weighted by Crippen LogP contribution is 2.29. The van der Waals surface area contributed by atoms with Crippen LogP contribution in [0.1, 0.15) is 20.8 Å². The minimum atomic E-state index is -0.444. The SMILES string of the molecule is CC(C)(C)OC(=O)N1CC(CN)(CN)C1. The van der Waals surface area contributed by atoms with Crippen LogP contribution in [0.15, 0.2) is 0 Å². The number of ether oxygens (including phenoxy) is 1. The molecule has 1 aliphatic rings. The zero-order chi connectivity index (χ0) is 11.7. The summed E-state index contributed by atoms with van der Waals surface area (Å²) in [6.45, 7) is 7.80. The van der Waals surface area contributed by atoms with Crippen molar-refractivity contribution < 1.29 is 9.53 Å². The molecule has 0 aromatic carbocycles. The van der Waals surface area contributed by atoms with E-state index in [2.05, 4.69) is 0 Å². The van der Waals surface area contributed by atoms with E-state index in [9.17, 15) is 4.79 Å². The van der Waals surface area contributed by atoms with Crippen molar-refractivity contribution >= 4 is 6.09 Å². The molecular weight excluding hydrogens is 194 g/mol. The molecule has 15 heavy (non-hydrogen) atoms. The van der Waals surface area contributed by atoms with Gasteiger partial charge in [-0.3, -0.25) is 0 Å². The first-order valence-electron chi connectivity index (χ1n) is 5.20. The normalized spacial score (nSPS) is 19.7. The van der Waals surface area contributed by atoms with Crippen LogP contribution in [-0.2, 0) is 4.74 Å². The Morgan fingerprint density at radius 2 is 1.80 bits per heavy atom. The van der Waals surface area contributed by atoms with Gasteiger partial charge in [0.25, 0.3) is 0 Å². The fourth-order valence-corrected chi connectivity index (χ4v) is 1.56. The van der Waals surface area contributed by atoms with E-state index in [1.165, 1.54) is 0 Å². The van der Waals surface area contributed by atoms with Gasteiger partial charge in [-0.1, -0.05) is 0 Å². The summed E-state index contributed by atoms with van der Waals surface area (Å²) in [7, 11) is 0. The molecule has 1 aliphatic heterocycles. The van der Waals surface area contributed by atoms with Crippen LogP contribution in [0.2, 0.25) is 0 Å². The first-order valence-corrected chi connectivity index (χ1v) is 5.20. The van der Waals surface area contributed by atoms with E-state index in [1.807, 2.05) is 20.8 Å². The zero-order valence-corrected chi connectivity index (χ0v) is 9.75. The summed E-state index contributed by atoms with van der Waals surface area (Å²) in [5.74, 6) is 0. The molecule has 0 aliphatic carbocycles. The van der Waals surface area contributed by atoms with Crippen LogP contribution in [0.5, 0.6) is 0 Å². The molecule has 4 N–H and O–H groups in total. The molecule has 0 aromatic heterocycles. The summed E-state index contributed by atoms with van der Waals surface area (Å²) in [5.41, 5.74) is 10.7. The highest BCUT2D eigenvalue weighted by atomic mass is 16.6. The van der Waals surface area contributed by atoms with Crippen molar-refractivity contribution in [1.29, 1.82) is 0 Å². The number of carbonyl (C=O) groups is 1. The first kappa shape index (κ1) is 12.3. The average Bonchev–Trinajstić information content (AvgIpc) is 2.00. The molecule has 0 radical (unpaired) electrons. The Bertz CT molecular complexity index is 236. The molecule has 1 saturated heterocycles. The van der Waals surface area contributed by atoms with Gasteiger partial charge in [0.1, 0.15) is 5.60 Å². The lowest BCUT2D eigenvalue weighted by Crippen LogP contribution is -2.65. The Morgan fingerprint density at radius 3 is 2.13 bits per heavy atom. The molecule has 0 unspecified atom stereocenters. The van der Waals surface area contributed by atoms with E-state index in [-0.39, 0.29) is 11.5 Å². The average molecular weight is 215 g/mol. The lowest BCUT2D eigenvalue weighted by atomic mass is 9.80. The van der Waals surface area contributed by atoms with Gasteiger partial charge in [-0.05, 0) is 20.8 Å². The molecule has 1 heterocycles. The lowest BCUT2D eigenvalue weighted by Gasteiger charge is -2.48. The topological polar surface area (TPSA) is 81.6 Å². The number of carbonyl (C=O) groups excluding carboxylic acids is 1. The third-order valence-corrected chi connectivity index (χ3v) is 2.57. The van der Waals surface area contributed by atoms with E-state index in [0.29, 0.717) is 26.2 Å². The van der Waals surface area contributed by atoms with Gasteiger partial charge in [0.05, 0.1) is 0 Å². The van der Waals surface area contributed by atoms with Crippen molar-refractivity contribution in [2.24, 2.45) is 16.9 Å². The molecule has 88 valence electrons. The van der Waals surface area contributed by atoms with Crippen LogP contribution in [0.4, 0.5) is 4.79 Å². The van der Waals surface area contributed by atoms with E-state index in [0.717, 1.165) is 0 Å². The maximum atomic E-state index is 11.6. The van der Waals surface area contributed by atoms with Crippen molar-refractivity contribution in [3.8, 4) is 0 Å². The molecule has 1 amide bonds. The van der Waals surface area contributed by atoms with Crippen LogP contribution in [0.25, 0.3) is 0 Å². The quantitative estimate of drug-likeness (QED) is 0.686. The van der Waals surface area contributed by atoms with Gasteiger partial charge in [-0.25, -0.2) is 4.79 Å². The fourth-order valence-electron chi connectivity index (χ4n) is 1.56. The van der Waals surface area contributed by atoms with E-state index < -0.39 is 5.60 Å². The summed E-state index contributed by atoms with van der Waals surface area (Å²) in [6.07, 6.45) is -0.278. The van der Waals surface area contributed by atoms with Gasteiger partial charge in [0.15, 0.2) is 0 Å². The zero-order valence-electron chi connectivity index (χ0n) is 9.75. The first-order chi connectivity index (χ1) is 6.82. The second kappa shape index (κ2) is 3.98. The van der Waals surface area contributed by atoms with Crippen LogP contribution in [0.3, 0.4) is 0 Å². The second-order valence-corrected chi connectivity index (χ2v) is 5.24. The van der Waals surface area contributed by atoms with E-state index >= 15 is 0 Å². The predicted octanol–water partition coefficient (Wildman–Crippen LogP) is 0.141. The third kappa shape index (κ3) is 2.82. The Balaban J connectivity index is 2.42. The highest BCUT2D eigenvalue weighted by molar-refractivity contribution is 5.69. The van der Waals surface area contributed by atoms with Crippen molar-refractivity contribution in [2.45, 2.75) is 26.4 Å². The molecule has 0 saturated carbocycles. The Morgan fingerprint density at radius 1 is 1.33 bits per heavy atom. The summed E-state index contributed by atoms with van der Waals surface area (Å²) in [5, 5.41) is 0. The fraction of sp³-hybridized carbons (Fsp3) is 0.900. The molecular formula is C10H21N3O2. The molecule has 5 heteroatoms. The lowest BCUT2D eigenvalue weighted by molar-refractivity contribution is -0.0277. The number of amides is 1. The number of nitrogens with two attached hydrogens (primary N) is 2. The minimum absolute atomic E-state index is 0.0864. The number of likely N-dealkylation sites (tertiary alicyclic amines) is 1. The molecule has 0 spiro atoms. The third-order valence-electron chi connectivity index (χ3n) is 2.57. The Hall–Kier alpha value is -0.810. The molecule has 0 aromatic rings. The summed E-state index contributed by atoms with van der Waals surface area (Å²) in [6, 6.07) is 0. The van der Waals surface area contributed by atoms with Gasteiger partial charge in [-0.15, -0.1) is 0 Å². The van der Waals surface area contributed by atoms with Crippen LogP contribution >= 0.6 is 0 Å². The molecule has 1 rings (SSSR count). The van der Waals surface area contributed by atoms with Crippen molar-refractivity contribution in [2.75, 3.05) is 26.2 Å². The van der Waals surface area contributed by atoms with Gasteiger partial charge in [0, 0.05) is 31.6 Å². The maximum Gasteiger partial charge on any atom is 0.410 e. The van der Waals surface area contributed by atoms with Crippen LogP contribution in [0, 0.1) is 5.41 Å². The van der Waals surface area contributed by atoms with Crippen LogP contribution in [-0.4, -0.2) is 42.8 Å². The summed E-state index contributed by atoms with van der Waals surface area (Å²) < 4.78 is 5.23. The Labute approximate surface area is 90.7 Å². The standard InChI is InChI=1S/C10H21N3O2/c1-9(2,3)15-8(14)13-6-10(4-11,5-12)7-13/h4-7,11-12H2,1-3H3. The smallest absolute Gasteiger partial charge is 0.410 e. The summed E-state index contributed by atoms with van der Waals surface area (Å²) >= 11 is 0. The van der Waals surface area contributed by atoms with Crippen molar-refractivity contribution in [3.63, 3.8) is 0 Å². The van der Waals surface area contributed by atoms with Gasteiger partial charge >= 0.3 is 6.09 Å². The van der Waals surface area contributed by atoms with Gasteiger partial charge < -0.3 is 21.1 Å². The second-order valence-electron chi connectivity index (χ2n) is 5.24. The van der Waals surface area contributed by atoms with Crippen LogP contribution < -0.4 is 11.5 Å². The van der Waals surface area contributed by atoms with Gasteiger partial charge in [-0.2, -0.15) is 0 Å². The minimum Gasteiger partial charge on any atom is -0.444 e. The number of hydrogen-bond donors (Lipinski definition) is 2. The largest absolute Gasteiger partial charge is 0.444 e. The van der Waals surface area contributed by atoms with Crippen molar-refractivity contribution in [3.05, 3.63) is 0 Å². The molecule has 5 nitrogen and oxygen atoms in total. The van der Waals surface area contributed by atoms with Crippen molar-refractivity contribution in [1.82, 2.24) is 4.90 Å².